The Balaban J connectivity index is 3.70. The van der Waals surface area contributed by atoms with Crippen molar-refractivity contribution in [3.8, 4) is 0 Å². The fraction of sp³-hybridized carbons (Fsp3) is 0.125. The lowest BCUT2D eigenvalue weighted by Crippen LogP contribution is -2.17. The molecule has 17 heavy (non-hydrogen) atoms. The van der Waals surface area contributed by atoms with Crippen molar-refractivity contribution >= 4 is 27.5 Å². The van der Waals surface area contributed by atoms with Gasteiger partial charge in [-0.2, -0.15) is 13.2 Å². The maximum absolute atomic E-state index is 12.6. The van der Waals surface area contributed by atoms with Crippen LogP contribution in [0.4, 0.5) is 18.9 Å². The van der Waals surface area contributed by atoms with Gasteiger partial charge in [-0.3, -0.25) is 14.9 Å². The van der Waals surface area contributed by atoms with Crippen LogP contribution in [0, 0.1) is 10.1 Å². The number of primary amides is 1. The third kappa shape index (κ3) is 2.73. The van der Waals surface area contributed by atoms with Crippen molar-refractivity contribution in [1.82, 2.24) is 0 Å². The molecule has 92 valence electrons. The quantitative estimate of drug-likeness (QED) is 0.672. The Morgan fingerprint density at radius 1 is 1.41 bits per heavy atom. The number of rotatable bonds is 2. The highest BCUT2D eigenvalue weighted by Crippen LogP contribution is 2.39. The van der Waals surface area contributed by atoms with Crippen LogP contribution in [0.3, 0.4) is 0 Å². The fourth-order valence-electron chi connectivity index (χ4n) is 1.20. The van der Waals surface area contributed by atoms with Gasteiger partial charge in [0.15, 0.2) is 0 Å². The molecule has 9 heteroatoms. The summed E-state index contributed by atoms with van der Waals surface area (Å²) in [5.74, 6) is -1.30. The molecule has 0 spiro atoms. The Labute approximate surface area is 101 Å². The molecule has 1 aromatic carbocycles. The zero-order valence-corrected chi connectivity index (χ0v) is 9.50. The second-order valence-electron chi connectivity index (χ2n) is 2.97. The molecule has 0 fully saturated rings. The maximum Gasteiger partial charge on any atom is 0.423 e. The molecule has 0 radical (unpaired) electrons. The van der Waals surface area contributed by atoms with E-state index in [0.29, 0.717) is 6.07 Å². The summed E-state index contributed by atoms with van der Waals surface area (Å²) in [6.45, 7) is 0. The molecule has 0 unspecified atom stereocenters. The first-order valence-electron chi connectivity index (χ1n) is 3.99. The molecule has 2 N–H and O–H groups in total. The lowest BCUT2D eigenvalue weighted by Gasteiger charge is -2.10. The van der Waals surface area contributed by atoms with E-state index in [2.05, 4.69) is 15.9 Å². The van der Waals surface area contributed by atoms with Crippen LogP contribution in [0.2, 0.25) is 0 Å². The van der Waals surface area contributed by atoms with Crippen molar-refractivity contribution < 1.29 is 22.9 Å². The average Bonchev–Trinajstić information content (AvgIpc) is 2.14. The third-order valence-electron chi connectivity index (χ3n) is 1.83. The molecular formula is C8H4BrF3N2O3. The number of carbonyl (C=O) groups excluding carboxylic acids is 1. The lowest BCUT2D eigenvalue weighted by molar-refractivity contribution is -0.388. The average molecular weight is 313 g/mol. The molecule has 0 saturated carbocycles. The second kappa shape index (κ2) is 4.32. The lowest BCUT2D eigenvalue weighted by atomic mass is 10.1. The first-order valence-corrected chi connectivity index (χ1v) is 4.79. The van der Waals surface area contributed by atoms with Crippen molar-refractivity contribution in [3.63, 3.8) is 0 Å². The monoisotopic (exact) mass is 312 g/mol. The van der Waals surface area contributed by atoms with Crippen LogP contribution >= 0.6 is 15.9 Å². The number of carbonyl (C=O) groups is 1. The summed E-state index contributed by atoms with van der Waals surface area (Å²) in [6, 6.07) is 1.39. The van der Waals surface area contributed by atoms with E-state index in [0.717, 1.165) is 6.07 Å². The number of amides is 1. The number of nitro groups is 1. The van der Waals surface area contributed by atoms with E-state index in [-0.39, 0.29) is 4.47 Å². The third-order valence-corrected chi connectivity index (χ3v) is 2.29. The van der Waals surface area contributed by atoms with Gasteiger partial charge in [0.2, 0.25) is 0 Å². The zero-order valence-electron chi connectivity index (χ0n) is 7.92. The molecule has 0 aliphatic rings. The molecule has 0 aliphatic carbocycles. The molecule has 0 aromatic heterocycles. The highest BCUT2D eigenvalue weighted by molar-refractivity contribution is 9.10. The Hall–Kier alpha value is -1.64. The predicted molar refractivity (Wildman–Crippen MR) is 54.3 cm³/mol. The van der Waals surface area contributed by atoms with Crippen molar-refractivity contribution in [3.05, 3.63) is 37.8 Å². The van der Waals surface area contributed by atoms with E-state index in [4.69, 9.17) is 5.73 Å². The summed E-state index contributed by atoms with van der Waals surface area (Å²) in [5, 5.41) is 10.6. The Morgan fingerprint density at radius 2 is 1.94 bits per heavy atom. The molecule has 1 rings (SSSR count). The largest absolute Gasteiger partial charge is 0.423 e. The van der Waals surface area contributed by atoms with Gasteiger partial charge in [-0.05, 0) is 12.1 Å². The molecule has 0 saturated heterocycles. The van der Waals surface area contributed by atoms with Gasteiger partial charge in [0.05, 0.1) is 4.92 Å². The van der Waals surface area contributed by atoms with Crippen molar-refractivity contribution in [2.45, 2.75) is 6.18 Å². The van der Waals surface area contributed by atoms with Crippen molar-refractivity contribution in [2.75, 3.05) is 0 Å². The predicted octanol–water partition coefficient (Wildman–Crippen LogP) is 2.48. The number of halogens is 4. The van der Waals surface area contributed by atoms with Gasteiger partial charge in [0.1, 0.15) is 11.1 Å². The van der Waals surface area contributed by atoms with Crippen LogP contribution in [-0.4, -0.2) is 10.8 Å². The first kappa shape index (κ1) is 13.4. The number of hydrogen-bond acceptors (Lipinski definition) is 3. The maximum atomic E-state index is 12.6. The van der Waals surface area contributed by atoms with Crippen molar-refractivity contribution in [1.29, 1.82) is 0 Å². The first-order chi connectivity index (χ1) is 7.64. The highest BCUT2D eigenvalue weighted by atomic mass is 79.9. The van der Waals surface area contributed by atoms with E-state index < -0.39 is 33.8 Å². The van der Waals surface area contributed by atoms with E-state index >= 15 is 0 Å². The smallest absolute Gasteiger partial charge is 0.365 e. The Morgan fingerprint density at radius 3 is 2.29 bits per heavy atom. The molecule has 1 aromatic rings. The topological polar surface area (TPSA) is 86.2 Å². The molecular weight excluding hydrogens is 309 g/mol. The summed E-state index contributed by atoms with van der Waals surface area (Å²) in [5.41, 5.74) is 1.14. The molecule has 0 aliphatic heterocycles. The van der Waals surface area contributed by atoms with Gasteiger partial charge in [-0.1, -0.05) is 15.9 Å². The Bertz CT molecular complexity index is 502. The van der Waals surface area contributed by atoms with Crippen LogP contribution in [0.5, 0.6) is 0 Å². The van der Waals surface area contributed by atoms with Crippen LogP contribution in [0.25, 0.3) is 0 Å². The van der Waals surface area contributed by atoms with E-state index in [1.165, 1.54) is 0 Å². The van der Waals surface area contributed by atoms with Gasteiger partial charge in [0.25, 0.3) is 11.6 Å². The number of nitro benzene ring substituents is 1. The summed E-state index contributed by atoms with van der Waals surface area (Å²) >= 11 is 2.73. The summed E-state index contributed by atoms with van der Waals surface area (Å²) in [7, 11) is 0. The van der Waals surface area contributed by atoms with Gasteiger partial charge in [0, 0.05) is 4.47 Å². The van der Waals surface area contributed by atoms with Crippen LogP contribution in [0.15, 0.2) is 16.6 Å². The minimum atomic E-state index is -4.95. The van der Waals surface area contributed by atoms with Gasteiger partial charge >= 0.3 is 6.18 Å². The molecule has 0 atom stereocenters. The van der Waals surface area contributed by atoms with E-state index in [1.54, 1.807) is 0 Å². The molecule has 5 nitrogen and oxygen atoms in total. The van der Waals surface area contributed by atoms with Gasteiger partial charge in [-0.15, -0.1) is 0 Å². The number of benzene rings is 1. The Kier molecular flexibility index (Phi) is 3.41. The van der Waals surface area contributed by atoms with Crippen molar-refractivity contribution in [2.24, 2.45) is 5.73 Å². The zero-order chi connectivity index (χ0) is 13.4. The van der Waals surface area contributed by atoms with E-state index in [9.17, 15) is 28.1 Å². The fourth-order valence-corrected chi connectivity index (χ4v) is 1.66. The minimum absolute atomic E-state index is 0.121. The SMILES string of the molecule is NC(=O)c1cc(Br)cc(C(F)(F)F)c1[N+](=O)[O-]. The molecule has 0 bridgehead atoms. The molecule has 0 heterocycles. The summed E-state index contributed by atoms with van der Waals surface area (Å²) in [4.78, 5) is 20.2. The summed E-state index contributed by atoms with van der Waals surface area (Å²) in [6.07, 6.45) is -4.95. The normalized spacial score (nSPS) is 11.3. The number of alkyl halides is 3. The van der Waals surface area contributed by atoms with Crippen LogP contribution < -0.4 is 5.73 Å². The van der Waals surface area contributed by atoms with Gasteiger partial charge in [-0.25, -0.2) is 0 Å². The number of hydrogen-bond donors (Lipinski definition) is 1. The van der Waals surface area contributed by atoms with Crippen LogP contribution in [-0.2, 0) is 6.18 Å². The highest BCUT2D eigenvalue weighted by Gasteiger charge is 2.41. The standard InChI is InChI=1S/C8H4BrF3N2O3/c9-3-1-4(7(13)15)6(14(16)17)5(2-3)8(10,11)12/h1-2H,(H2,13,15). The van der Waals surface area contributed by atoms with E-state index in [1.807, 2.05) is 0 Å². The second-order valence-corrected chi connectivity index (χ2v) is 3.88. The summed E-state index contributed by atoms with van der Waals surface area (Å²) < 4.78 is 37.5. The number of nitrogens with zero attached hydrogens (tertiary/aromatic N) is 1. The number of nitrogens with two attached hydrogens (primary N) is 1. The van der Waals surface area contributed by atoms with Crippen LogP contribution in [0.1, 0.15) is 15.9 Å². The molecule has 1 amide bonds. The van der Waals surface area contributed by atoms with Gasteiger partial charge < -0.3 is 5.73 Å². The minimum Gasteiger partial charge on any atom is -0.365 e.